The van der Waals surface area contributed by atoms with Crippen LogP contribution in [0.3, 0.4) is 0 Å². The lowest BCUT2D eigenvalue weighted by atomic mass is 10.1. The number of nitrogens with one attached hydrogen (secondary N) is 1. The molecule has 0 radical (unpaired) electrons. The van der Waals surface area contributed by atoms with Gasteiger partial charge in [0, 0.05) is 5.69 Å². The fraction of sp³-hybridized carbons (Fsp3) is 0.240. The molecule has 3 aromatic carbocycles. The Kier molecular flexibility index (Phi) is 7.53. The summed E-state index contributed by atoms with van der Waals surface area (Å²) in [6.07, 6.45) is 0.753. The summed E-state index contributed by atoms with van der Waals surface area (Å²) in [6.45, 7) is 5.92. The number of sulfonamides is 1. The maximum Gasteiger partial charge on any atom is 0.264 e. The zero-order valence-corrected chi connectivity index (χ0v) is 19.4. The monoisotopic (exact) mass is 452 g/mol. The molecule has 6 nitrogen and oxygen atoms in total. The van der Waals surface area contributed by atoms with Crippen LogP contribution in [0.1, 0.15) is 25.0 Å². The molecule has 0 aliphatic heterocycles. The first-order valence-corrected chi connectivity index (χ1v) is 12.0. The molecule has 0 bridgehead atoms. The zero-order valence-electron chi connectivity index (χ0n) is 18.5. The number of rotatable bonds is 9. The molecule has 32 heavy (non-hydrogen) atoms. The van der Waals surface area contributed by atoms with Gasteiger partial charge in [0.1, 0.15) is 12.3 Å². The molecule has 0 aliphatic carbocycles. The highest BCUT2D eigenvalue weighted by Gasteiger charge is 2.27. The van der Waals surface area contributed by atoms with Crippen molar-refractivity contribution in [3.05, 3.63) is 83.9 Å². The molecule has 168 valence electrons. The number of ether oxygens (including phenoxy) is 1. The fourth-order valence-corrected chi connectivity index (χ4v) is 4.72. The molecular formula is C25H28N2O4S. The lowest BCUT2D eigenvalue weighted by Gasteiger charge is -2.24. The van der Waals surface area contributed by atoms with Crippen molar-refractivity contribution >= 4 is 27.3 Å². The van der Waals surface area contributed by atoms with E-state index < -0.39 is 15.9 Å². The highest BCUT2D eigenvalue weighted by Crippen LogP contribution is 2.26. The van der Waals surface area contributed by atoms with Gasteiger partial charge in [-0.15, -0.1) is 0 Å². The van der Waals surface area contributed by atoms with E-state index in [0.29, 0.717) is 23.7 Å². The Morgan fingerprint density at radius 1 is 0.938 bits per heavy atom. The third-order valence-electron chi connectivity index (χ3n) is 5.00. The summed E-state index contributed by atoms with van der Waals surface area (Å²) in [7, 11) is -3.98. The van der Waals surface area contributed by atoms with Crippen molar-refractivity contribution in [1.82, 2.24) is 0 Å². The van der Waals surface area contributed by atoms with Crippen LogP contribution >= 0.6 is 0 Å². The Bertz CT molecular complexity index is 1160. The molecule has 1 N–H and O–H groups in total. The van der Waals surface area contributed by atoms with Crippen LogP contribution in [0.4, 0.5) is 11.4 Å². The minimum Gasteiger partial charge on any atom is -0.494 e. The minimum atomic E-state index is -3.98. The van der Waals surface area contributed by atoms with Crippen LogP contribution < -0.4 is 14.4 Å². The van der Waals surface area contributed by atoms with Gasteiger partial charge in [0.2, 0.25) is 5.91 Å². The first-order valence-electron chi connectivity index (χ1n) is 10.5. The zero-order chi connectivity index (χ0) is 23.1. The van der Waals surface area contributed by atoms with Gasteiger partial charge >= 0.3 is 0 Å². The van der Waals surface area contributed by atoms with Gasteiger partial charge in [0.05, 0.1) is 17.2 Å². The van der Waals surface area contributed by atoms with Crippen molar-refractivity contribution in [2.24, 2.45) is 0 Å². The van der Waals surface area contributed by atoms with E-state index >= 15 is 0 Å². The van der Waals surface area contributed by atoms with Crippen molar-refractivity contribution in [3.8, 4) is 5.75 Å². The Hall–Kier alpha value is -3.32. The molecule has 0 unspecified atom stereocenters. The van der Waals surface area contributed by atoms with E-state index in [1.54, 1.807) is 24.3 Å². The van der Waals surface area contributed by atoms with Gasteiger partial charge in [-0.05, 0) is 68.3 Å². The van der Waals surface area contributed by atoms with Crippen LogP contribution in [0.2, 0.25) is 0 Å². The number of carbonyl (C=O) groups excluding carboxylic acids is 1. The van der Waals surface area contributed by atoms with Crippen LogP contribution in [0.15, 0.2) is 77.7 Å². The summed E-state index contributed by atoms with van der Waals surface area (Å²) in [5, 5.41) is 2.86. The standard InChI is InChI=1S/C25H28N2O4S/c1-4-20-8-6-7-9-24(20)26-25(28)18-27(21-12-10-19(3)11-13-21)32(29,30)23-16-14-22(15-17-23)31-5-2/h6-17H,4-5,18H2,1-3H3,(H,26,28). The van der Waals surface area contributed by atoms with Crippen LogP contribution in [0, 0.1) is 6.92 Å². The van der Waals surface area contributed by atoms with Crippen molar-refractivity contribution in [3.63, 3.8) is 0 Å². The van der Waals surface area contributed by atoms with E-state index in [0.717, 1.165) is 21.9 Å². The second-order valence-corrected chi connectivity index (χ2v) is 9.17. The summed E-state index contributed by atoms with van der Waals surface area (Å²) in [5.74, 6) is 0.170. The molecule has 0 spiro atoms. The number of anilines is 2. The molecule has 0 saturated carbocycles. The molecule has 3 aromatic rings. The largest absolute Gasteiger partial charge is 0.494 e. The smallest absolute Gasteiger partial charge is 0.264 e. The van der Waals surface area contributed by atoms with Crippen molar-refractivity contribution in [1.29, 1.82) is 0 Å². The third-order valence-corrected chi connectivity index (χ3v) is 6.79. The van der Waals surface area contributed by atoms with Crippen LogP contribution in [0.5, 0.6) is 5.75 Å². The van der Waals surface area contributed by atoms with E-state index in [2.05, 4.69) is 5.32 Å². The first-order chi connectivity index (χ1) is 15.3. The molecule has 7 heteroatoms. The number of para-hydroxylation sites is 1. The minimum absolute atomic E-state index is 0.0864. The van der Waals surface area contributed by atoms with Crippen LogP contribution in [0.25, 0.3) is 0 Å². The second kappa shape index (κ2) is 10.3. The average Bonchev–Trinajstić information content (AvgIpc) is 2.79. The second-order valence-electron chi connectivity index (χ2n) is 7.31. The lowest BCUT2D eigenvalue weighted by molar-refractivity contribution is -0.114. The molecule has 0 atom stereocenters. The number of hydrogen-bond donors (Lipinski definition) is 1. The summed E-state index contributed by atoms with van der Waals surface area (Å²) in [5.41, 5.74) is 3.08. The molecule has 0 fully saturated rings. The van der Waals surface area contributed by atoms with Crippen LogP contribution in [-0.4, -0.2) is 27.5 Å². The predicted molar refractivity (Wildman–Crippen MR) is 128 cm³/mol. The van der Waals surface area contributed by atoms with Crippen molar-refractivity contribution < 1.29 is 17.9 Å². The number of nitrogens with zero attached hydrogens (tertiary/aromatic N) is 1. The summed E-state index contributed by atoms with van der Waals surface area (Å²) < 4.78 is 33.5. The van der Waals surface area contributed by atoms with Gasteiger partial charge in [-0.3, -0.25) is 9.10 Å². The highest BCUT2D eigenvalue weighted by molar-refractivity contribution is 7.92. The summed E-state index contributed by atoms with van der Waals surface area (Å²) in [4.78, 5) is 13.0. The Balaban J connectivity index is 1.93. The van der Waals surface area contributed by atoms with Crippen molar-refractivity contribution in [2.75, 3.05) is 22.8 Å². The van der Waals surface area contributed by atoms with Gasteiger partial charge in [-0.25, -0.2) is 8.42 Å². The SMILES string of the molecule is CCOc1ccc(S(=O)(=O)N(CC(=O)Nc2ccccc2CC)c2ccc(C)cc2)cc1. The predicted octanol–water partition coefficient (Wildman–Crippen LogP) is 4.79. The van der Waals surface area contributed by atoms with Crippen LogP contribution in [-0.2, 0) is 21.2 Å². The van der Waals surface area contributed by atoms with Gasteiger partial charge in [0.15, 0.2) is 0 Å². The fourth-order valence-electron chi connectivity index (χ4n) is 3.30. The van der Waals surface area contributed by atoms with Gasteiger partial charge in [0.25, 0.3) is 10.0 Å². The first kappa shape index (κ1) is 23.3. The molecule has 0 aliphatic rings. The highest BCUT2D eigenvalue weighted by atomic mass is 32.2. The van der Waals surface area contributed by atoms with E-state index in [9.17, 15) is 13.2 Å². The molecule has 1 amide bonds. The van der Waals surface area contributed by atoms with E-state index in [1.807, 2.05) is 57.2 Å². The normalized spacial score (nSPS) is 11.1. The van der Waals surface area contributed by atoms with E-state index in [-0.39, 0.29) is 11.4 Å². The topological polar surface area (TPSA) is 75.7 Å². The third kappa shape index (κ3) is 5.48. The Morgan fingerprint density at radius 2 is 1.59 bits per heavy atom. The lowest BCUT2D eigenvalue weighted by Crippen LogP contribution is -2.38. The number of carbonyl (C=O) groups is 1. The average molecular weight is 453 g/mol. The van der Waals surface area contributed by atoms with Gasteiger partial charge < -0.3 is 10.1 Å². The summed E-state index contributed by atoms with van der Waals surface area (Å²) in [6, 6.07) is 20.7. The van der Waals surface area contributed by atoms with E-state index in [1.165, 1.54) is 12.1 Å². The van der Waals surface area contributed by atoms with Gasteiger partial charge in [-0.1, -0.05) is 42.8 Å². The number of hydrogen-bond acceptors (Lipinski definition) is 4. The number of aryl methyl sites for hydroxylation is 2. The Labute approximate surface area is 189 Å². The Morgan fingerprint density at radius 3 is 2.22 bits per heavy atom. The molecular weight excluding hydrogens is 424 g/mol. The molecule has 0 aromatic heterocycles. The maximum absolute atomic E-state index is 13.5. The van der Waals surface area contributed by atoms with E-state index in [4.69, 9.17) is 4.74 Å². The summed E-state index contributed by atoms with van der Waals surface area (Å²) >= 11 is 0. The molecule has 3 rings (SSSR count). The molecule has 0 heterocycles. The molecule has 0 saturated heterocycles. The van der Waals surface area contributed by atoms with Crippen molar-refractivity contribution in [2.45, 2.75) is 32.1 Å². The quantitative estimate of drug-likeness (QED) is 0.506. The maximum atomic E-state index is 13.5. The number of benzene rings is 3. The number of amides is 1. The van der Waals surface area contributed by atoms with Gasteiger partial charge in [-0.2, -0.15) is 0 Å².